The number of rotatable bonds is 3. The molecule has 1 aliphatic rings. The Morgan fingerprint density at radius 3 is 2.56 bits per heavy atom. The number of anilines is 1. The maximum absolute atomic E-state index is 12.5. The molecule has 0 bridgehead atoms. The molecule has 1 aliphatic heterocycles. The second-order valence-electron chi connectivity index (χ2n) is 4.80. The van der Waals surface area contributed by atoms with Crippen LogP contribution >= 0.6 is 0 Å². The molecule has 1 saturated heterocycles. The third kappa shape index (κ3) is 2.93. The van der Waals surface area contributed by atoms with E-state index in [1.54, 1.807) is 6.07 Å². The SMILES string of the molecule is CC(C)NC1CN(c2cccc(C(F)(F)F)n2)C1. The monoisotopic (exact) mass is 259 g/mol. The van der Waals surface area contributed by atoms with E-state index in [-0.39, 0.29) is 0 Å². The van der Waals surface area contributed by atoms with Crippen LogP contribution in [-0.4, -0.2) is 30.2 Å². The number of halogens is 3. The molecule has 0 aliphatic carbocycles. The minimum atomic E-state index is -4.38. The van der Waals surface area contributed by atoms with Gasteiger partial charge in [-0.3, -0.25) is 0 Å². The van der Waals surface area contributed by atoms with Crippen LogP contribution in [0.25, 0.3) is 0 Å². The first kappa shape index (κ1) is 13.1. The smallest absolute Gasteiger partial charge is 0.353 e. The van der Waals surface area contributed by atoms with Crippen LogP contribution in [0.15, 0.2) is 18.2 Å². The predicted octanol–water partition coefficient (Wildman–Crippen LogP) is 2.29. The number of hydrogen-bond acceptors (Lipinski definition) is 3. The number of nitrogens with zero attached hydrogens (tertiary/aromatic N) is 2. The molecule has 1 fully saturated rings. The van der Waals surface area contributed by atoms with Crippen LogP contribution in [-0.2, 0) is 6.18 Å². The van der Waals surface area contributed by atoms with Gasteiger partial charge in [-0.25, -0.2) is 4.98 Å². The van der Waals surface area contributed by atoms with Crippen LogP contribution in [0, 0.1) is 0 Å². The maximum atomic E-state index is 12.5. The average Bonchev–Trinajstić information content (AvgIpc) is 2.21. The van der Waals surface area contributed by atoms with E-state index in [4.69, 9.17) is 0 Å². The number of hydrogen-bond donors (Lipinski definition) is 1. The van der Waals surface area contributed by atoms with Crippen molar-refractivity contribution in [2.24, 2.45) is 0 Å². The summed E-state index contributed by atoms with van der Waals surface area (Å²) < 4.78 is 37.5. The van der Waals surface area contributed by atoms with Crippen molar-refractivity contribution in [2.75, 3.05) is 18.0 Å². The molecule has 2 heterocycles. The summed E-state index contributed by atoms with van der Waals surface area (Å²) in [6.07, 6.45) is -4.38. The Morgan fingerprint density at radius 2 is 2.00 bits per heavy atom. The van der Waals surface area contributed by atoms with Crippen molar-refractivity contribution in [3.63, 3.8) is 0 Å². The standard InChI is InChI=1S/C12H16F3N3/c1-8(2)16-9-6-18(7-9)11-5-3-4-10(17-11)12(13,14)15/h3-5,8-9,16H,6-7H2,1-2H3. The van der Waals surface area contributed by atoms with Gasteiger partial charge in [0.1, 0.15) is 11.5 Å². The Balaban J connectivity index is 2.00. The summed E-state index contributed by atoms with van der Waals surface area (Å²) in [5.41, 5.74) is -0.833. The van der Waals surface area contributed by atoms with Crippen molar-refractivity contribution in [1.29, 1.82) is 0 Å². The lowest BCUT2D eigenvalue weighted by Crippen LogP contribution is -2.59. The van der Waals surface area contributed by atoms with Gasteiger partial charge in [-0.15, -0.1) is 0 Å². The zero-order chi connectivity index (χ0) is 13.3. The van der Waals surface area contributed by atoms with Gasteiger partial charge in [-0.2, -0.15) is 13.2 Å². The summed E-state index contributed by atoms with van der Waals surface area (Å²) in [4.78, 5) is 5.50. The molecule has 2 rings (SSSR count). The van der Waals surface area contributed by atoms with Gasteiger partial charge < -0.3 is 10.2 Å². The molecule has 1 aromatic rings. The molecule has 1 aromatic heterocycles. The van der Waals surface area contributed by atoms with Gasteiger partial charge in [0.25, 0.3) is 0 Å². The van der Waals surface area contributed by atoms with Crippen LogP contribution in [0.3, 0.4) is 0 Å². The molecule has 100 valence electrons. The van der Waals surface area contributed by atoms with Crippen molar-refractivity contribution in [3.8, 4) is 0 Å². The van der Waals surface area contributed by atoms with E-state index in [9.17, 15) is 13.2 Å². The molecule has 3 nitrogen and oxygen atoms in total. The summed E-state index contributed by atoms with van der Waals surface area (Å²) in [5.74, 6) is 0.395. The minimum absolute atomic E-state index is 0.335. The van der Waals surface area contributed by atoms with Gasteiger partial charge in [0.05, 0.1) is 0 Å². The van der Waals surface area contributed by atoms with Crippen molar-refractivity contribution in [1.82, 2.24) is 10.3 Å². The van der Waals surface area contributed by atoms with Gasteiger partial charge in [0.2, 0.25) is 0 Å². The Bertz CT molecular complexity index is 411. The topological polar surface area (TPSA) is 28.2 Å². The third-order valence-corrected chi connectivity index (χ3v) is 2.80. The van der Waals surface area contributed by atoms with E-state index in [2.05, 4.69) is 10.3 Å². The fraction of sp³-hybridized carbons (Fsp3) is 0.583. The molecule has 18 heavy (non-hydrogen) atoms. The van der Waals surface area contributed by atoms with Gasteiger partial charge in [-0.05, 0) is 12.1 Å². The van der Waals surface area contributed by atoms with E-state index in [0.717, 1.165) is 6.07 Å². The first-order valence-corrected chi connectivity index (χ1v) is 5.91. The second kappa shape index (κ2) is 4.76. The largest absolute Gasteiger partial charge is 0.433 e. The number of aromatic nitrogens is 1. The lowest BCUT2D eigenvalue weighted by atomic mass is 10.1. The van der Waals surface area contributed by atoms with E-state index < -0.39 is 11.9 Å². The highest BCUT2D eigenvalue weighted by molar-refractivity contribution is 5.43. The van der Waals surface area contributed by atoms with Gasteiger partial charge >= 0.3 is 6.18 Å². The zero-order valence-electron chi connectivity index (χ0n) is 10.3. The highest BCUT2D eigenvalue weighted by Crippen LogP contribution is 2.29. The quantitative estimate of drug-likeness (QED) is 0.902. The first-order valence-electron chi connectivity index (χ1n) is 5.91. The lowest BCUT2D eigenvalue weighted by molar-refractivity contribution is -0.141. The molecular weight excluding hydrogens is 243 g/mol. The molecule has 0 amide bonds. The van der Waals surface area contributed by atoms with Crippen molar-refractivity contribution >= 4 is 5.82 Å². The predicted molar refractivity (Wildman–Crippen MR) is 63.5 cm³/mol. The summed E-state index contributed by atoms with van der Waals surface area (Å²) in [6.45, 7) is 5.50. The molecule has 0 radical (unpaired) electrons. The Morgan fingerprint density at radius 1 is 1.33 bits per heavy atom. The highest BCUT2D eigenvalue weighted by Gasteiger charge is 2.34. The first-order chi connectivity index (χ1) is 8.36. The van der Waals surface area contributed by atoms with Crippen LogP contribution in [0.4, 0.5) is 19.0 Å². The Labute approximate surface area is 104 Å². The average molecular weight is 259 g/mol. The van der Waals surface area contributed by atoms with Crippen molar-refractivity contribution in [3.05, 3.63) is 23.9 Å². The molecule has 0 spiro atoms. The minimum Gasteiger partial charge on any atom is -0.353 e. The molecule has 0 saturated carbocycles. The van der Waals surface area contributed by atoms with Crippen molar-refractivity contribution < 1.29 is 13.2 Å². The molecule has 0 atom stereocenters. The van der Waals surface area contributed by atoms with E-state index in [0.29, 0.717) is 31.0 Å². The molecule has 0 aromatic carbocycles. The molecular formula is C12H16F3N3. The van der Waals surface area contributed by atoms with E-state index in [1.165, 1.54) is 6.07 Å². The van der Waals surface area contributed by atoms with Crippen LogP contribution < -0.4 is 10.2 Å². The fourth-order valence-corrected chi connectivity index (χ4v) is 2.00. The lowest BCUT2D eigenvalue weighted by Gasteiger charge is -2.41. The molecule has 6 heteroatoms. The summed E-state index contributed by atoms with van der Waals surface area (Å²) in [6, 6.07) is 4.72. The Kier molecular flexibility index (Phi) is 3.47. The molecule has 1 N–H and O–H groups in total. The highest BCUT2D eigenvalue weighted by atomic mass is 19.4. The number of nitrogens with one attached hydrogen (secondary N) is 1. The van der Waals surface area contributed by atoms with Crippen LogP contribution in [0.2, 0.25) is 0 Å². The zero-order valence-corrected chi connectivity index (χ0v) is 10.3. The number of alkyl halides is 3. The van der Waals surface area contributed by atoms with Crippen molar-refractivity contribution in [2.45, 2.75) is 32.1 Å². The Hall–Kier alpha value is -1.30. The normalized spacial score (nSPS) is 17.1. The fourth-order valence-electron chi connectivity index (χ4n) is 2.00. The third-order valence-electron chi connectivity index (χ3n) is 2.80. The van der Waals surface area contributed by atoms with Gasteiger partial charge in [0, 0.05) is 25.2 Å². The number of pyridine rings is 1. The van der Waals surface area contributed by atoms with Crippen LogP contribution in [0.5, 0.6) is 0 Å². The van der Waals surface area contributed by atoms with Gasteiger partial charge in [-0.1, -0.05) is 19.9 Å². The van der Waals surface area contributed by atoms with Gasteiger partial charge in [0.15, 0.2) is 0 Å². The summed E-state index contributed by atoms with van der Waals surface area (Å²) >= 11 is 0. The summed E-state index contributed by atoms with van der Waals surface area (Å²) in [7, 11) is 0. The van der Waals surface area contributed by atoms with Crippen LogP contribution in [0.1, 0.15) is 19.5 Å². The summed E-state index contributed by atoms with van der Waals surface area (Å²) in [5, 5.41) is 3.33. The second-order valence-corrected chi connectivity index (χ2v) is 4.80. The maximum Gasteiger partial charge on any atom is 0.433 e. The van der Waals surface area contributed by atoms with E-state index >= 15 is 0 Å². The molecule has 0 unspecified atom stereocenters. The van der Waals surface area contributed by atoms with E-state index in [1.807, 2.05) is 18.7 Å².